The maximum atomic E-state index is 12.6. The summed E-state index contributed by atoms with van der Waals surface area (Å²) in [6.45, 7) is 8.91. The molecule has 8 heteroatoms. The zero-order chi connectivity index (χ0) is 20.6. The van der Waals surface area contributed by atoms with Crippen LogP contribution in [0.15, 0.2) is 41.7 Å². The molecular weight excluding hydrogens is 367 g/mol. The van der Waals surface area contributed by atoms with Crippen LogP contribution in [0.5, 0.6) is 0 Å². The summed E-state index contributed by atoms with van der Waals surface area (Å²) in [6.07, 6.45) is 0.0292. The van der Waals surface area contributed by atoms with Crippen molar-refractivity contribution in [2.24, 2.45) is 10.9 Å². The van der Waals surface area contributed by atoms with Gasteiger partial charge in [-0.1, -0.05) is 26.0 Å². The molecule has 1 aromatic heterocycles. The van der Waals surface area contributed by atoms with Gasteiger partial charge < -0.3 is 15.2 Å². The summed E-state index contributed by atoms with van der Waals surface area (Å²) in [5.74, 6) is 2.08. The van der Waals surface area contributed by atoms with Crippen LogP contribution in [-0.4, -0.2) is 28.6 Å². The highest BCUT2D eigenvalue weighted by atomic mass is 19.4. The molecule has 0 unspecified atom stereocenters. The van der Waals surface area contributed by atoms with Gasteiger partial charge in [-0.2, -0.15) is 13.2 Å². The standard InChI is InChI=1S/C20H28F3N5/c1-4-24-19(27-13-18-25-11-12-28(18)14-15(2)3)26-10-9-16-5-7-17(8-6-16)20(21,22)23/h5-8,11-12,15H,4,9-10,13-14H2,1-3H3,(H2,24,26,27). The third kappa shape index (κ3) is 6.90. The number of aromatic nitrogens is 2. The number of hydrogen-bond donors (Lipinski definition) is 2. The molecule has 0 bridgehead atoms. The lowest BCUT2D eigenvalue weighted by Gasteiger charge is -2.13. The summed E-state index contributed by atoms with van der Waals surface area (Å²) < 4.78 is 40.0. The van der Waals surface area contributed by atoms with E-state index in [4.69, 9.17) is 0 Å². The predicted molar refractivity (Wildman–Crippen MR) is 105 cm³/mol. The van der Waals surface area contributed by atoms with Crippen molar-refractivity contribution in [1.29, 1.82) is 0 Å². The van der Waals surface area contributed by atoms with Crippen molar-refractivity contribution in [1.82, 2.24) is 20.2 Å². The number of imidazole rings is 1. The number of benzene rings is 1. The fraction of sp³-hybridized carbons (Fsp3) is 0.500. The average Bonchev–Trinajstić information content (AvgIpc) is 3.05. The van der Waals surface area contributed by atoms with Crippen molar-refractivity contribution in [3.8, 4) is 0 Å². The second kappa shape index (κ2) is 10.1. The molecule has 2 N–H and O–H groups in total. The van der Waals surface area contributed by atoms with Gasteiger partial charge in [0, 0.05) is 32.0 Å². The van der Waals surface area contributed by atoms with Gasteiger partial charge in [0.15, 0.2) is 5.96 Å². The van der Waals surface area contributed by atoms with Gasteiger partial charge in [-0.3, -0.25) is 0 Å². The molecule has 0 spiro atoms. The number of hydrogen-bond acceptors (Lipinski definition) is 2. The van der Waals surface area contributed by atoms with Gasteiger partial charge in [-0.15, -0.1) is 0 Å². The van der Waals surface area contributed by atoms with Crippen molar-refractivity contribution >= 4 is 5.96 Å². The number of guanidine groups is 1. The quantitative estimate of drug-likeness (QED) is 0.527. The SMILES string of the molecule is CCNC(=NCc1nccn1CC(C)C)NCCc1ccc(C(F)(F)F)cc1. The molecule has 2 aromatic rings. The van der Waals surface area contributed by atoms with E-state index in [-0.39, 0.29) is 0 Å². The molecule has 5 nitrogen and oxygen atoms in total. The van der Waals surface area contributed by atoms with Crippen molar-refractivity contribution in [3.63, 3.8) is 0 Å². The Morgan fingerprint density at radius 3 is 2.50 bits per heavy atom. The lowest BCUT2D eigenvalue weighted by atomic mass is 10.1. The molecule has 1 heterocycles. The van der Waals surface area contributed by atoms with Crippen LogP contribution in [0.25, 0.3) is 0 Å². The average molecular weight is 395 g/mol. The van der Waals surface area contributed by atoms with E-state index in [0.29, 0.717) is 37.9 Å². The Morgan fingerprint density at radius 1 is 1.18 bits per heavy atom. The Bertz CT molecular complexity index is 748. The fourth-order valence-corrected chi connectivity index (χ4v) is 2.73. The molecular formula is C20H28F3N5. The number of halogens is 3. The molecule has 0 radical (unpaired) electrons. The lowest BCUT2D eigenvalue weighted by Crippen LogP contribution is -2.38. The maximum absolute atomic E-state index is 12.6. The van der Waals surface area contributed by atoms with Crippen LogP contribution in [-0.2, 0) is 25.7 Å². The lowest BCUT2D eigenvalue weighted by molar-refractivity contribution is -0.137. The first-order valence-corrected chi connectivity index (χ1v) is 9.48. The van der Waals surface area contributed by atoms with Crippen molar-refractivity contribution in [3.05, 3.63) is 53.6 Å². The van der Waals surface area contributed by atoms with Crippen LogP contribution in [0.2, 0.25) is 0 Å². The molecule has 0 aliphatic rings. The van der Waals surface area contributed by atoms with Gasteiger partial charge in [0.1, 0.15) is 12.4 Å². The first-order chi connectivity index (χ1) is 13.3. The first-order valence-electron chi connectivity index (χ1n) is 9.48. The van der Waals surface area contributed by atoms with Crippen LogP contribution >= 0.6 is 0 Å². The fourth-order valence-electron chi connectivity index (χ4n) is 2.73. The van der Waals surface area contributed by atoms with Gasteiger partial charge >= 0.3 is 6.18 Å². The molecule has 2 rings (SSSR count). The topological polar surface area (TPSA) is 54.2 Å². The number of nitrogens with zero attached hydrogens (tertiary/aromatic N) is 3. The minimum atomic E-state index is -4.30. The second-order valence-corrected chi connectivity index (χ2v) is 6.96. The van der Waals surface area contributed by atoms with E-state index in [9.17, 15) is 13.2 Å². The normalized spacial score (nSPS) is 12.5. The molecule has 154 valence electrons. The first kappa shape index (κ1) is 21.8. The zero-order valence-electron chi connectivity index (χ0n) is 16.6. The maximum Gasteiger partial charge on any atom is 0.416 e. The smallest absolute Gasteiger partial charge is 0.357 e. The molecule has 0 aliphatic heterocycles. The van der Waals surface area contributed by atoms with Gasteiger partial charge in [0.25, 0.3) is 0 Å². The van der Waals surface area contributed by atoms with E-state index in [1.165, 1.54) is 12.1 Å². The Kier molecular flexibility index (Phi) is 7.90. The molecule has 0 atom stereocenters. The summed E-state index contributed by atoms with van der Waals surface area (Å²) in [5, 5.41) is 6.39. The minimum Gasteiger partial charge on any atom is -0.357 e. The Labute approximate surface area is 164 Å². The Morgan fingerprint density at radius 2 is 1.89 bits per heavy atom. The van der Waals surface area contributed by atoms with Gasteiger partial charge in [-0.05, 0) is 37.0 Å². The Balaban J connectivity index is 1.90. The number of rotatable bonds is 8. The molecule has 0 fully saturated rings. The minimum absolute atomic E-state index is 0.454. The Hall–Kier alpha value is -2.51. The van der Waals surface area contributed by atoms with Crippen LogP contribution in [0, 0.1) is 5.92 Å². The third-order valence-corrected chi connectivity index (χ3v) is 4.07. The molecule has 28 heavy (non-hydrogen) atoms. The highest BCUT2D eigenvalue weighted by Gasteiger charge is 2.29. The van der Waals surface area contributed by atoms with E-state index in [1.807, 2.05) is 13.1 Å². The van der Waals surface area contributed by atoms with Crippen molar-refractivity contribution in [2.75, 3.05) is 13.1 Å². The van der Waals surface area contributed by atoms with Crippen molar-refractivity contribution < 1.29 is 13.2 Å². The van der Waals surface area contributed by atoms with Gasteiger partial charge in [-0.25, -0.2) is 9.98 Å². The van der Waals surface area contributed by atoms with Crippen LogP contribution in [0.3, 0.4) is 0 Å². The summed E-state index contributed by atoms with van der Waals surface area (Å²) in [5.41, 5.74) is 0.208. The summed E-state index contributed by atoms with van der Waals surface area (Å²) in [6, 6.07) is 5.25. The largest absolute Gasteiger partial charge is 0.416 e. The monoisotopic (exact) mass is 395 g/mol. The molecule has 1 aromatic carbocycles. The van der Waals surface area contributed by atoms with Crippen LogP contribution in [0.4, 0.5) is 13.2 Å². The molecule has 0 saturated carbocycles. The highest BCUT2D eigenvalue weighted by molar-refractivity contribution is 5.79. The summed E-state index contributed by atoms with van der Waals surface area (Å²) >= 11 is 0. The third-order valence-electron chi connectivity index (χ3n) is 4.07. The highest BCUT2D eigenvalue weighted by Crippen LogP contribution is 2.29. The van der Waals surface area contributed by atoms with E-state index < -0.39 is 11.7 Å². The van der Waals surface area contributed by atoms with E-state index in [0.717, 1.165) is 30.1 Å². The van der Waals surface area contributed by atoms with Crippen molar-refractivity contribution in [2.45, 2.75) is 46.5 Å². The second-order valence-electron chi connectivity index (χ2n) is 6.96. The molecule has 0 saturated heterocycles. The summed E-state index contributed by atoms with van der Waals surface area (Å²) in [4.78, 5) is 8.93. The zero-order valence-corrected chi connectivity index (χ0v) is 16.6. The van der Waals surface area contributed by atoms with Gasteiger partial charge in [0.05, 0.1) is 5.56 Å². The van der Waals surface area contributed by atoms with E-state index in [1.54, 1.807) is 6.20 Å². The number of aliphatic imine (C=N–C) groups is 1. The summed E-state index contributed by atoms with van der Waals surface area (Å²) in [7, 11) is 0. The predicted octanol–water partition coefficient (Wildman–Crippen LogP) is 3.86. The number of nitrogens with one attached hydrogen (secondary N) is 2. The van der Waals surface area contributed by atoms with E-state index in [2.05, 4.69) is 39.0 Å². The van der Waals surface area contributed by atoms with Crippen LogP contribution < -0.4 is 10.6 Å². The molecule has 0 aliphatic carbocycles. The van der Waals surface area contributed by atoms with E-state index >= 15 is 0 Å². The molecule has 0 amide bonds. The van der Waals surface area contributed by atoms with Gasteiger partial charge in [0.2, 0.25) is 0 Å². The number of alkyl halides is 3. The van der Waals surface area contributed by atoms with Crippen LogP contribution in [0.1, 0.15) is 37.7 Å².